The summed E-state index contributed by atoms with van der Waals surface area (Å²) in [6.45, 7) is 1.69. The summed E-state index contributed by atoms with van der Waals surface area (Å²) in [5, 5.41) is 9.04. The third-order valence-corrected chi connectivity index (χ3v) is 3.66. The largest absolute Gasteiger partial charge is 0.350 e. The molecule has 2 aliphatic rings. The van der Waals surface area contributed by atoms with Gasteiger partial charge in [-0.3, -0.25) is 9.59 Å². The van der Waals surface area contributed by atoms with Crippen LogP contribution >= 0.6 is 0 Å². The number of rotatable bonds is 3. The van der Waals surface area contributed by atoms with E-state index in [1.807, 2.05) is 0 Å². The number of benzene rings is 1. The van der Waals surface area contributed by atoms with Crippen molar-refractivity contribution in [3.05, 3.63) is 29.3 Å². The molecule has 19 heavy (non-hydrogen) atoms. The van der Waals surface area contributed by atoms with Crippen molar-refractivity contribution in [3.63, 3.8) is 0 Å². The molecule has 2 amide bonds. The minimum Gasteiger partial charge on any atom is -0.350 e. The molecule has 0 aromatic heterocycles. The molecule has 1 aromatic carbocycles. The van der Waals surface area contributed by atoms with E-state index in [1.54, 1.807) is 18.2 Å². The van der Waals surface area contributed by atoms with Gasteiger partial charge in [-0.25, -0.2) is 0 Å². The second-order valence-electron chi connectivity index (χ2n) is 5.10. The van der Waals surface area contributed by atoms with Crippen molar-refractivity contribution in [1.82, 2.24) is 10.6 Å². The quantitative estimate of drug-likeness (QED) is 0.747. The molecular formula is C14H17N3O2. The smallest absolute Gasteiger partial charge is 0.251 e. The first kappa shape index (κ1) is 12.2. The fourth-order valence-corrected chi connectivity index (χ4v) is 2.62. The Morgan fingerprint density at radius 1 is 1.42 bits per heavy atom. The van der Waals surface area contributed by atoms with Crippen LogP contribution in [0.25, 0.3) is 0 Å². The number of carbonyl (C=O) groups excluding carboxylic acids is 2. The minimum atomic E-state index is -0.0733. The zero-order chi connectivity index (χ0) is 13.2. The second kappa shape index (κ2) is 5.01. The van der Waals surface area contributed by atoms with E-state index < -0.39 is 0 Å². The zero-order valence-corrected chi connectivity index (χ0v) is 10.7. The van der Waals surface area contributed by atoms with Crippen LogP contribution in [0.3, 0.4) is 0 Å². The number of anilines is 1. The van der Waals surface area contributed by atoms with Gasteiger partial charge in [-0.15, -0.1) is 0 Å². The third-order valence-electron chi connectivity index (χ3n) is 3.66. The molecule has 1 aromatic rings. The molecule has 2 aliphatic heterocycles. The van der Waals surface area contributed by atoms with E-state index in [-0.39, 0.29) is 11.8 Å². The first-order valence-electron chi connectivity index (χ1n) is 6.67. The van der Waals surface area contributed by atoms with Gasteiger partial charge >= 0.3 is 0 Å². The van der Waals surface area contributed by atoms with Crippen LogP contribution in [0.2, 0.25) is 0 Å². The van der Waals surface area contributed by atoms with Gasteiger partial charge < -0.3 is 16.0 Å². The molecule has 0 saturated carbocycles. The average molecular weight is 259 g/mol. The monoisotopic (exact) mass is 259 g/mol. The van der Waals surface area contributed by atoms with Crippen LogP contribution in [0.1, 0.15) is 28.8 Å². The molecule has 0 spiro atoms. The van der Waals surface area contributed by atoms with Crippen LogP contribution in [-0.4, -0.2) is 30.9 Å². The van der Waals surface area contributed by atoms with Crippen molar-refractivity contribution in [2.75, 3.05) is 18.4 Å². The van der Waals surface area contributed by atoms with Gasteiger partial charge in [0.2, 0.25) is 5.91 Å². The second-order valence-corrected chi connectivity index (χ2v) is 5.10. The van der Waals surface area contributed by atoms with Gasteiger partial charge in [0.05, 0.1) is 6.42 Å². The predicted octanol–water partition coefficient (Wildman–Crippen LogP) is 0.663. The van der Waals surface area contributed by atoms with E-state index in [4.69, 9.17) is 0 Å². The van der Waals surface area contributed by atoms with Gasteiger partial charge in [-0.2, -0.15) is 0 Å². The van der Waals surface area contributed by atoms with Crippen molar-refractivity contribution in [1.29, 1.82) is 0 Å². The summed E-state index contributed by atoms with van der Waals surface area (Å²) in [6.07, 6.45) is 2.65. The summed E-state index contributed by atoms with van der Waals surface area (Å²) in [5.41, 5.74) is 2.34. The molecule has 1 unspecified atom stereocenters. The lowest BCUT2D eigenvalue weighted by atomic mass is 10.1. The number of carbonyl (C=O) groups is 2. The topological polar surface area (TPSA) is 70.2 Å². The number of hydrogen-bond donors (Lipinski definition) is 3. The van der Waals surface area contributed by atoms with Crippen LogP contribution in [-0.2, 0) is 11.2 Å². The third kappa shape index (κ3) is 2.61. The van der Waals surface area contributed by atoms with Gasteiger partial charge in [-0.05, 0) is 43.1 Å². The van der Waals surface area contributed by atoms with Crippen LogP contribution in [0.15, 0.2) is 18.2 Å². The first-order chi connectivity index (χ1) is 9.22. The van der Waals surface area contributed by atoms with Gasteiger partial charge in [0.1, 0.15) is 0 Å². The number of amides is 2. The fraction of sp³-hybridized carbons (Fsp3) is 0.429. The minimum absolute atomic E-state index is 0.0114. The van der Waals surface area contributed by atoms with Crippen molar-refractivity contribution in [3.8, 4) is 0 Å². The molecular weight excluding hydrogens is 242 g/mol. The highest BCUT2D eigenvalue weighted by molar-refractivity contribution is 6.01. The maximum atomic E-state index is 12.0. The molecule has 0 bridgehead atoms. The highest BCUT2D eigenvalue weighted by Gasteiger charge is 2.20. The van der Waals surface area contributed by atoms with Crippen LogP contribution in [0, 0.1) is 0 Å². The molecule has 1 fully saturated rings. The number of hydrogen-bond acceptors (Lipinski definition) is 3. The van der Waals surface area contributed by atoms with Gasteiger partial charge in [0, 0.05) is 23.8 Å². The maximum absolute atomic E-state index is 12.0. The molecule has 5 nitrogen and oxygen atoms in total. The van der Waals surface area contributed by atoms with E-state index in [0.29, 0.717) is 24.6 Å². The average Bonchev–Trinajstić information content (AvgIpc) is 3.02. The first-order valence-corrected chi connectivity index (χ1v) is 6.67. The van der Waals surface area contributed by atoms with E-state index in [0.717, 1.165) is 24.2 Å². The Balaban J connectivity index is 1.63. The summed E-state index contributed by atoms with van der Waals surface area (Å²) < 4.78 is 0. The van der Waals surface area contributed by atoms with Gasteiger partial charge in [0.25, 0.3) is 5.91 Å². The van der Waals surface area contributed by atoms with Crippen molar-refractivity contribution >= 4 is 17.5 Å². The maximum Gasteiger partial charge on any atom is 0.251 e. The van der Waals surface area contributed by atoms with Gasteiger partial charge in [-0.1, -0.05) is 0 Å². The predicted molar refractivity (Wildman–Crippen MR) is 72.1 cm³/mol. The molecule has 3 rings (SSSR count). The lowest BCUT2D eigenvalue weighted by Crippen LogP contribution is -2.37. The molecule has 0 radical (unpaired) electrons. The standard InChI is InChI=1S/C14H17N3O2/c18-13-7-10-6-9(3-4-12(10)17-13)14(19)16-8-11-2-1-5-15-11/h3-4,6,11,15H,1-2,5,7-8H2,(H,16,19)(H,17,18). The van der Waals surface area contributed by atoms with E-state index in [1.165, 1.54) is 6.42 Å². The van der Waals surface area contributed by atoms with Crippen LogP contribution in [0.5, 0.6) is 0 Å². The molecule has 1 saturated heterocycles. The summed E-state index contributed by atoms with van der Waals surface area (Å²) in [6, 6.07) is 5.73. The molecule has 2 heterocycles. The Bertz CT molecular complexity index is 521. The molecule has 1 atom stereocenters. The van der Waals surface area contributed by atoms with Crippen LogP contribution in [0.4, 0.5) is 5.69 Å². The summed E-state index contributed by atoms with van der Waals surface area (Å²) in [7, 11) is 0. The number of fused-ring (bicyclic) bond motifs is 1. The van der Waals surface area contributed by atoms with Crippen molar-refractivity contribution in [2.45, 2.75) is 25.3 Å². The lowest BCUT2D eigenvalue weighted by molar-refractivity contribution is -0.115. The Morgan fingerprint density at radius 2 is 2.32 bits per heavy atom. The van der Waals surface area contributed by atoms with E-state index in [2.05, 4.69) is 16.0 Å². The lowest BCUT2D eigenvalue weighted by Gasteiger charge is -2.11. The van der Waals surface area contributed by atoms with Crippen LogP contribution < -0.4 is 16.0 Å². The summed E-state index contributed by atoms with van der Waals surface area (Å²) in [5.74, 6) is -0.0847. The Hall–Kier alpha value is -1.88. The summed E-state index contributed by atoms with van der Waals surface area (Å²) in [4.78, 5) is 23.3. The van der Waals surface area contributed by atoms with E-state index >= 15 is 0 Å². The normalized spacial score (nSPS) is 21.1. The highest BCUT2D eigenvalue weighted by atomic mass is 16.2. The molecule has 3 N–H and O–H groups in total. The van der Waals surface area contributed by atoms with Crippen molar-refractivity contribution in [2.24, 2.45) is 0 Å². The fourth-order valence-electron chi connectivity index (χ4n) is 2.62. The Labute approximate surface area is 111 Å². The molecule has 100 valence electrons. The SMILES string of the molecule is O=C1Cc2cc(C(=O)NCC3CCCN3)ccc2N1. The number of nitrogens with one attached hydrogen (secondary N) is 3. The highest BCUT2D eigenvalue weighted by Crippen LogP contribution is 2.23. The van der Waals surface area contributed by atoms with E-state index in [9.17, 15) is 9.59 Å². The van der Waals surface area contributed by atoms with Gasteiger partial charge in [0.15, 0.2) is 0 Å². The molecule has 5 heteroatoms. The van der Waals surface area contributed by atoms with Crippen molar-refractivity contribution < 1.29 is 9.59 Å². The molecule has 0 aliphatic carbocycles. The summed E-state index contributed by atoms with van der Waals surface area (Å²) >= 11 is 0. The Kier molecular flexibility index (Phi) is 3.21. The Morgan fingerprint density at radius 3 is 3.11 bits per heavy atom. The zero-order valence-electron chi connectivity index (χ0n) is 10.7.